The fourth-order valence-electron chi connectivity index (χ4n) is 3.30. The van der Waals surface area contributed by atoms with Gasteiger partial charge in [0.25, 0.3) is 0 Å². The van der Waals surface area contributed by atoms with E-state index in [1.807, 2.05) is 0 Å². The number of alkyl halides is 3. The van der Waals surface area contributed by atoms with E-state index < -0.39 is 35.9 Å². The van der Waals surface area contributed by atoms with E-state index >= 15 is 0 Å². The molecule has 2 fully saturated rings. The van der Waals surface area contributed by atoms with Crippen LogP contribution in [-0.4, -0.2) is 41.1 Å². The lowest BCUT2D eigenvalue weighted by Gasteiger charge is -2.28. The quantitative estimate of drug-likeness (QED) is 0.850. The third kappa shape index (κ3) is 2.62. The smallest absolute Gasteiger partial charge is 0.394 e. The minimum absolute atomic E-state index is 0.326. The number of carbonyl (C=O) groups is 2. The van der Waals surface area contributed by atoms with Gasteiger partial charge in [-0.05, 0) is 12.8 Å². The Morgan fingerprint density at radius 1 is 1.20 bits per heavy atom. The zero-order valence-corrected chi connectivity index (χ0v) is 11.2. The summed E-state index contributed by atoms with van der Waals surface area (Å²) in [5, 5.41) is 8.94. The average molecular weight is 293 g/mol. The Morgan fingerprint density at radius 3 is 2.15 bits per heavy atom. The summed E-state index contributed by atoms with van der Waals surface area (Å²) in [6.45, 7) is 0.891. The molecule has 2 aliphatic rings. The Labute approximate surface area is 114 Å². The molecule has 1 N–H and O–H groups in total. The minimum atomic E-state index is -4.59. The van der Waals surface area contributed by atoms with Gasteiger partial charge in [0.05, 0.1) is 11.8 Å². The van der Waals surface area contributed by atoms with Gasteiger partial charge >= 0.3 is 12.1 Å². The average Bonchev–Trinajstić information content (AvgIpc) is 2.93. The molecular weight excluding hydrogens is 275 g/mol. The van der Waals surface area contributed by atoms with Crippen molar-refractivity contribution >= 4 is 11.9 Å². The number of nitrogens with zero attached hydrogens (tertiary/aromatic N) is 1. The first-order chi connectivity index (χ1) is 9.15. The van der Waals surface area contributed by atoms with Crippen LogP contribution in [0.3, 0.4) is 0 Å². The zero-order valence-electron chi connectivity index (χ0n) is 11.2. The van der Waals surface area contributed by atoms with E-state index in [1.165, 1.54) is 0 Å². The Balaban J connectivity index is 2.16. The first kappa shape index (κ1) is 15.1. The number of carboxylic acid groups (broad SMARTS) is 1. The maximum absolute atomic E-state index is 12.9. The number of halogens is 3. The van der Waals surface area contributed by atoms with Crippen molar-refractivity contribution in [1.29, 1.82) is 0 Å². The second-order valence-corrected chi connectivity index (χ2v) is 6.07. The molecule has 0 radical (unpaired) electrons. The first-order valence-corrected chi connectivity index (χ1v) is 6.74. The van der Waals surface area contributed by atoms with E-state index in [2.05, 4.69) is 0 Å². The lowest BCUT2D eigenvalue weighted by Crippen LogP contribution is -2.40. The minimum Gasteiger partial charge on any atom is -0.481 e. The van der Waals surface area contributed by atoms with Crippen molar-refractivity contribution in [2.75, 3.05) is 13.1 Å². The van der Waals surface area contributed by atoms with E-state index in [0.717, 1.165) is 17.7 Å². The molecule has 1 aliphatic carbocycles. The van der Waals surface area contributed by atoms with Gasteiger partial charge in [0, 0.05) is 18.5 Å². The summed E-state index contributed by atoms with van der Waals surface area (Å²) in [6.07, 6.45) is -1.48. The van der Waals surface area contributed by atoms with E-state index in [9.17, 15) is 22.8 Å². The van der Waals surface area contributed by atoms with Crippen LogP contribution < -0.4 is 0 Å². The Morgan fingerprint density at radius 2 is 1.75 bits per heavy atom. The molecule has 1 saturated carbocycles. The molecule has 114 valence electrons. The van der Waals surface area contributed by atoms with Gasteiger partial charge in [-0.1, -0.05) is 19.8 Å². The van der Waals surface area contributed by atoms with Crippen molar-refractivity contribution < 1.29 is 27.9 Å². The summed E-state index contributed by atoms with van der Waals surface area (Å²) in [5.41, 5.74) is -0.621. The van der Waals surface area contributed by atoms with Crippen LogP contribution >= 0.6 is 0 Å². The van der Waals surface area contributed by atoms with Crippen molar-refractivity contribution in [3.8, 4) is 0 Å². The molecule has 2 atom stereocenters. The third-order valence-corrected chi connectivity index (χ3v) is 4.57. The fourth-order valence-corrected chi connectivity index (χ4v) is 3.30. The number of carbonyl (C=O) groups excluding carboxylic acids is 1. The van der Waals surface area contributed by atoms with Crippen molar-refractivity contribution in [3.63, 3.8) is 0 Å². The Bertz CT molecular complexity index is 416. The second kappa shape index (κ2) is 4.93. The molecule has 20 heavy (non-hydrogen) atoms. The third-order valence-electron chi connectivity index (χ3n) is 4.57. The predicted octanol–water partition coefficient (Wildman–Crippen LogP) is 2.29. The number of carboxylic acids is 1. The van der Waals surface area contributed by atoms with Gasteiger partial charge < -0.3 is 10.0 Å². The van der Waals surface area contributed by atoms with Crippen LogP contribution in [0.1, 0.15) is 32.6 Å². The molecule has 7 heteroatoms. The second-order valence-electron chi connectivity index (χ2n) is 6.07. The predicted molar refractivity (Wildman–Crippen MR) is 63.8 cm³/mol. The number of hydrogen-bond donors (Lipinski definition) is 1. The number of likely N-dealkylation sites (tertiary alicyclic amines) is 1. The summed E-state index contributed by atoms with van der Waals surface area (Å²) in [4.78, 5) is 24.5. The molecule has 1 aliphatic heterocycles. The molecule has 2 rings (SSSR count). The van der Waals surface area contributed by atoms with Crippen LogP contribution in [0.4, 0.5) is 13.2 Å². The number of hydrogen-bond acceptors (Lipinski definition) is 2. The van der Waals surface area contributed by atoms with Crippen LogP contribution in [-0.2, 0) is 9.59 Å². The van der Waals surface area contributed by atoms with Crippen molar-refractivity contribution in [3.05, 3.63) is 0 Å². The normalized spacial score (nSPS) is 29.7. The fraction of sp³-hybridized carbons (Fsp3) is 0.846. The molecule has 0 aromatic heterocycles. The van der Waals surface area contributed by atoms with Crippen molar-refractivity contribution in [2.45, 2.75) is 38.8 Å². The summed E-state index contributed by atoms with van der Waals surface area (Å²) >= 11 is 0. The molecule has 4 nitrogen and oxygen atoms in total. The molecule has 1 saturated heterocycles. The van der Waals surface area contributed by atoms with Crippen molar-refractivity contribution in [1.82, 2.24) is 4.90 Å². The number of aliphatic carboxylic acids is 1. The summed E-state index contributed by atoms with van der Waals surface area (Å²) in [7, 11) is 0. The SMILES string of the molecule is CC1(C(=O)N2C[C@@H](C(F)(F)F)[C@H](C(=O)O)C2)CCCC1. The van der Waals surface area contributed by atoms with E-state index in [0.29, 0.717) is 12.8 Å². The van der Waals surface area contributed by atoms with E-state index in [1.54, 1.807) is 6.92 Å². The van der Waals surface area contributed by atoms with Crippen molar-refractivity contribution in [2.24, 2.45) is 17.3 Å². The van der Waals surface area contributed by atoms with Crippen LogP contribution in [0, 0.1) is 17.3 Å². The molecular formula is C13H18F3NO3. The van der Waals surface area contributed by atoms with Gasteiger partial charge in [0.2, 0.25) is 5.91 Å². The van der Waals surface area contributed by atoms with Crippen LogP contribution in [0.15, 0.2) is 0 Å². The summed E-state index contributed by atoms with van der Waals surface area (Å²) in [6, 6.07) is 0. The molecule has 1 heterocycles. The van der Waals surface area contributed by atoms with Gasteiger partial charge in [0.15, 0.2) is 0 Å². The molecule has 1 amide bonds. The molecule has 0 spiro atoms. The summed E-state index contributed by atoms with van der Waals surface area (Å²) in [5.74, 6) is -5.33. The lowest BCUT2D eigenvalue weighted by molar-refractivity contribution is -0.188. The lowest BCUT2D eigenvalue weighted by atomic mass is 9.87. The highest BCUT2D eigenvalue weighted by atomic mass is 19.4. The van der Waals surface area contributed by atoms with Crippen LogP contribution in [0.2, 0.25) is 0 Å². The number of amides is 1. The topological polar surface area (TPSA) is 57.6 Å². The monoisotopic (exact) mass is 293 g/mol. The van der Waals surface area contributed by atoms with E-state index in [-0.39, 0.29) is 12.5 Å². The number of rotatable bonds is 2. The largest absolute Gasteiger partial charge is 0.481 e. The zero-order chi connectivity index (χ0) is 15.1. The molecule has 0 aromatic rings. The van der Waals surface area contributed by atoms with Gasteiger partial charge in [-0.2, -0.15) is 13.2 Å². The van der Waals surface area contributed by atoms with Gasteiger partial charge in [-0.15, -0.1) is 0 Å². The molecule has 0 unspecified atom stereocenters. The van der Waals surface area contributed by atoms with Crippen LogP contribution in [0.5, 0.6) is 0 Å². The van der Waals surface area contributed by atoms with Gasteiger partial charge in [-0.25, -0.2) is 0 Å². The standard InChI is InChI=1S/C13H18F3NO3/c1-12(4-2-3-5-12)11(20)17-6-8(10(18)19)9(7-17)13(14,15)16/h8-9H,2-7H2,1H3,(H,18,19)/t8-,9-/m1/s1. The van der Waals surface area contributed by atoms with Crippen LogP contribution in [0.25, 0.3) is 0 Å². The van der Waals surface area contributed by atoms with E-state index in [4.69, 9.17) is 5.11 Å². The maximum Gasteiger partial charge on any atom is 0.394 e. The summed E-state index contributed by atoms with van der Waals surface area (Å²) < 4.78 is 38.6. The molecule has 0 bridgehead atoms. The highest BCUT2D eigenvalue weighted by Gasteiger charge is 2.55. The highest BCUT2D eigenvalue weighted by molar-refractivity contribution is 5.84. The van der Waals surface area contributed by atoms with Gasteiger partial charge in [0.1, 0.15) is 0 Å². The Hall–Kier alpha value is -1.27. The van der Waals surface area contributed by atoms with Gasteiger partial charge in [-0.3, -0.25) is 9.59 Å². The Kier molecular flexibility index (Phi) is 3.73. The molecule has 0 aromatic carbocycles. The maximum atomic E-state index is 12.9. The highest BCUT2D eigenvalue weighted by Crippen LogP contribution is 2.43. The first-order valence-electron chi connectivity index (χ1n) is 6.74.